The van der Waals surface area contributed by atoms with E-state index >= 15 is 0 Å². The van der Waals surface area contributed by atoms with Crippen molar-refractivity contribution < 1.29 is 23.8 Å². The number of ether oxygens (including phenoxy) is 1. The highest BCUT2D eigenvalue weighted by Crippen LogP contribution is 2.14. The SMILES string of the molecule is CN(Cc1ccc(F)cc1)C(=O)NC1COCC1C(=O)O. The van der Waals surface area contributed by atoms with Gasteiger partial charge in [-0.3, -0.25) is 4.79 Å². The van der Waals surface area contributed by atoms with E-state index in [-0.39, 0.29) is 25.1 Å². The van der Waals surface area contributed by atoms with Crippen LogP contribution in [0.15, 0.2) is 24.3 Å². The number of carboxylic acid groups (broad SMARTS) is 1. The second kappa shape index (κ2) is 6.53. The Labute approximate surface area is 121 Å². The normalized spacial score (nSPS) is 21.0. The van der Waals surface area contributed by atoms with E-state index in [1.165, 1.54) is 17.0 Å². The molecule has 1 heterocycles. The molecule has 21 heavy (non-hydrogen) atoms. The number of rotatable bonds is 4. The molecule has 0 spiro atoms. The van der Waals surface area contributed by atoms with Gasteiger partial charge in [-0.05, 0) is 17.7 Å². The number of carbonyl (C=O) groups excluding carboxylic acids is 1. The van der Waals surface area contributed by atoms with E-state index in [1.54, 1.807) is 19.2 Å². The number of nitrogens with zero attached hydrogens (tertiary/aromatic N) is 1. The van der Waals surface area contributed by atoms with Gasteiger partial charge in [0.15, 0.2) is 0 Å². The van der Waals surface area contributed by atoms with Gasteiger partial charge >= 0.3 is 12.0 Å². The largest absolute Gasteiger partial charge is 0.481 e. The van der Waals surface area contributed by atoms with E-state index in [9.17, 15) is 14.0 Å². The average molecular weight is 296 g/mol. The zero-order valence-corrected chi connectivity index (χ0v) is 11.6. The predicted octanol–water partition coefficient (Wildman–Crippen LogP) is 1.07. The fourth-order valence-corrected chi connectivity index (χ4v) is 2.14. The third-order valence-electron chi connectivity index (χ3n) is 3.39. The molecule has 0 aromatic heterocycles. The van der Waals surface area contributed by atoms with Gasteiger partial charge in [-0.2, -0.15) is 0 Å². The minimum Gasteiger partial charge on any atom is -0.481 e. The number of urea groups is 1. The van der Waals surface area contributed by atoms with Crippen LogP contribution in [0.4, 0.5) is 9.18 Å². The molecule has 0 radical (unpaired) electrons. The first-order valence-corrected chi connectivity index (χ1v) is 6.54. The van der Waals surface area contributed by atoms with Crippen LogP contribution < -0.4 is 5.32 Å². The summed E-state index contributed by atoms with van der Waals surface area (Å²) < 4.78 is 17.9. The minimum absolute atomic E-state index is 0.0992. The highest BCUT2D eigenvalue weighted by atomic mass is 19.1. The third-order valence-corrected chi connectivity index (χ3v) is 3.39. The van der Waals surface area contributed by atoms with Crippen molar-refractivity contribution >= 4 is 12.0 Å². The fraction of sp³-hybridized carbons (Fsp3) is 0.429. The monoisotopic (exact) mass is 296 g/mol. The summed E-state index contributed by atoms with van der Waals surface area (Å²) >= 11 is 0. The molecule has 1 aliphatic heterocycles. The Hall–Kier alpha value is -2.15. The fourth-order valence-electron chi connectivity index (χ4n) is 2.14. The third kappa shape index (κ3) is 3.91. The summed E-state index contributed by atoms with van der Waals surface area (Å²) in [5, 5.41) is 11.7. The minimum atomic E-state index is -0.987. The molecule has 2 rings (SSSR count). The standard InChI is InChI=1S/C14H17FN2O4/c1-17(6-9-2-4-10(15)5-3-9)14(20)16-12-8-21-7-11(12)13(18)19/h2-5,11-12H,6-8H2,1H3,(H,16,20)(H,18,19). The van der Waals surface area contributed by atoms with Crippen molar-refractivity contribution in [1.29, 1.82) is 0 Å². The van der Waals surface area contributed by atoms with Crippen molar-refractivity contribution in [1.82, 2.24) is 10.2 Å². The molecule has 0 aliphatic carbocycles. The van der Waals surface area contributed by atoms with E-state index in [1.807, 2.05) is 0 Å². The van der Waals surface area contributed by atoms with Gasteiger partial charge in [0.05, 0.1) is 19.3 Å². The van der Waals surface area contributed by atoms with Crippen molar-refractivity contribution in [3.63, 3.8) is 0 Å². The summed E-state index contributed by atoms with van der Waals surface area (Å²) in [5.74, 6) is -2.05. The molecule has 1 fully saturated rings. The molecule has 7 heteroatoms. The molecule has 1 aromatic rings. The van der Waals surface area contributed by atoms with Crippen LogP contribution in [0.25, 0.3) is 0 Å². The van der Waals surface area contributed by atoms with Gasteiger partial charge in [0, 0.05) is 13.6 Å². The summed E-state index contributed by atoms with van der Waals surface area (Å²) in [7, 11) is 1.59. The van der Waals surface area contributed by atoms with Gasteiger partial charge in [-0.25, -0.2) is 9.18 Å². The van der Waals surface area contributed by atoms with E-state index in [0.717, 1.165) is 5.56 Å². The maximum absolute atomic E-state index is 12.8. The Morgan fingerprint density at radius 2 is 2.05 bits per heavy atom. The van der Waals surface area contributed by atoms with Crippen LogP contribution in [0.1, 0.15) is 5.56 Å². The molecule has 6 nitrogen and oxygen atoms in total. The quantitative estimate of drug-likeness (QED) is 0.871. The van der Waals surface area contributed by atoms with Gasteiger partial charge in [0.25, 0.3) is 0 Å². The highest BCUT2D eigenvalue weighted by Gasteiger charge is 2.35. The maximum Gasteiger partial charge on any atom is 0.317 e. The van der Waals surface area contributed by atoms with Crippen LogP contribution in [0.2, 0.25) is 0 Å². The Kier molecular flexibility index (Phi) is 4.74. The zero-order chi connectivity index (χ0) is 15.4. The van der Waals surface area contributed by atoms with Crippen LogP contribution in [0.5, 0.6) is 0 Å². The summed E-state index contributed by atoms with van der Waals surface area (Å²) in [6.45, 7) is 0.590. The number of hydrogen-bond acceptors (Lipinski definition) is 3. The molecule has 1 aliphatic rings. The maximum atomic E-state index is 12.8. The van der Waals surface area contributed by atoms with Crippen LogP contribution >= 0.6 is 0 Å². The number of hydrogen-bond donors (Lipinski definition) is 2. The van der Waals surface area contributed by atoms with Crippen LogP contribution in [0, 0.1) is 11.7 Å². The Morgan fingerprint density at radius 1 is 1.38 bits per heavy atom. The number of amides is 2. The molecular weight excluding hydrogens is 279 g/mol. The summed E-state index contributed by atoms with van der Waals surface area (Å²) in [4.78, 5) is 24.4. The van der Waals surface area contributed by atoms with E-state index in [0.29, 0.717) is 6.54 Å². The Morgan fingerprint density at radius 3 is 2.67 bits per heavy atom. The smallest absolute Gasteiger partial charge is 0.317 e. The lowest BCUT2D eigenvalue weighted by atomic mass is 10.0. The first-order valence-electron chi connectivity index (χ1n) is 6.54. The van der Waals surface area contributed by atoms with Crippen molar-refractivity contribution in [3.05, 3.63) is 35.6 Å². The molecule has 2 atom stereocenters. The molecule has 114 valence electrons. The van der Waals surface area contributed by atoms with E-state index in [4.69, 9.17) is 9.84 Å². The van der Waals surface area contributed by atoms with Crippen LogP contribution in [0.3, 0.4) is 0 Å². The number of nitrogens with one attached hydrogen (secondary N) is 1. The Balaban J connectivity index is 1.90. The first kappa shape index (κ1) is 15.2. The number of carboxylic acids is 1. The van der Waals surface area contributed by atoms with Gasteiger partial charge < -0.3 is 20.1 Å². The second-order valence-electron chi connectivity index (χ2n) is 5.02. The molecule has 2 unspecified atom stereocenters. The number of benzene rings is 1. The lowest BCUT2D eigenvalue weighted by molar-refractivity contribution is -0.142. The predicted molar refractivity (Wildman–Crippen MR) is 72.1 cm³/mol. The number of aliphatic carboxylic acids is 1. The van der Waals surface area contributed by atoms with Crippen molar-refractivity contribution in [2.45, 2.75) is 12.6 Å². The first-order chi connectivity index (χ1) is 9.97. The number of halogens is 1. The van der Waals surface area contributed by atoms with Crippen molar-refractivity contribution in [3.8, 4) is 0 Å². The molecule has 1 saturated heterocycles. The van der Waals surface area contributed by atoms with Crippen LogP contribution in [-0.4, -0.2) is 48.3 Å². The lowest BCUT2D eigenvalue weighted by Crippen LogP contribution is -2.47. The van der Waals surface area contributed by atoms with E-state index < -0.39 is 17.9 Å². The van der Waals surface area contributed by atoms with Gasteiger partial charge in [-0.15, -0.1) is 0 Å². The molecular formula is C14H17FN2O4. The lowest BCUT2D eigenvalue weighted by Gasteiger charge is -2.22. The summed E-state index contributed by atoms with van der Waals surface area (Å²) in [6, 6.07) is 4.92. The van der Waals surface area contributed by atoms with Gasteiger partial charge in [0.2, 0.25) is 0 Å². The summed E-state index contributed by atoms with van der Waals surface area (Å²) in [5.41, 5.74) is 0.784. The molecule has 2 N–H and O–H groups in total. The zero-order valence-electron chi connectivity index (χ0n) is 11.6. The second-order valence-corrected chi connectivity index (χ2v) is 5.02. The van der Waals surface area contributed by atoms with Gasteiger partial charge in [0.1, 0.15) is 11.7 Å². The van der Waals surface area contributed by atoms with Crippen molar-refractivity contribution in [2.24, 2.45) is 5.92 Å². The summed E-state index contributed by atoms with van der Waals surface area (Å²) in [6.07, 6.45) is 0. The highest BCUT2D eigenvalue weighted by molar-refractivity contribution is 5.77. The topological polar surface area (TPSA) is 78.9 Å². The van der Waals surface area contributed by atoms with E-state index in [2.05, 4.69) is 5.32 Å². The Bertz CT molecular complexity index is 520. The average Bonchev–Trinajstić information content (AvgIpc) is 2.89. The van der Waals surface area contributed by atoms with Gasteiger partial charge in [-0.1, -0.05) is 12.1 Å². The molecule has 1 aromatic carbocycles. The number of carbonyl (C=O) groups is 2. The van der Waals surface area contributed by atoms with Crippen LogP contribution in [-0.2, 0) is 16.1 Å². The molecule has 0 bridgehead atoms. The van der Waals surface area contributed by atoms with Crippen molar-refractivity contribution in [2.75, 3.05) is 20.3 Å². The molecule has 0 saturated carbocycles. The molecule has 2 amide bonds.